The van der Waals surface area contributed by atoms with Crippen LogP contribution >= 0.6 is 0 Å². The molecule has 2 aromatic heterocycles. The fourth-order valence-electron chi connectivity index (χ4n) is 5.42. The lowest BCUT2D eigenvalue weighted by molar-refractivity contribution is -0.662. The van der Waals surface area contributed by atoms with Gasteiger partial charge in [-0.1, -0.05) is 81.4 Å². The number of furan rings is 1. The summed E-state index contributed by atoms with van der Waals surface area (Å²) < 4.78 is 56.7. The summed E-state index contributed by atoms with van der Waals surface area (Å²) in [6, 6.07) is 26.4. The molecule has 2 heterocycles. The Hall–Kier alpha value is -4.31. The topological polar surface area (TPSA) is 17.0 Å². The average molecular weight is 535 g/mol. The van der Waals surface area contributed by atoms with Crippen LogP contribution in [0.15, 0.2) is 95.5 Å². The van der Waals surface area contributed by atoms with E-state index in [1.807, 2.05) is 73.7 Å². The van der Waals surface area contributed by atoms with Gasteiger partial charge in [-0.25, -0.2) is 8.78 Å². The lowest BCUT2D eigenvalue weighted by Gasteiger charge is -2.18. The highest BCUT2D eigenvalue weighted by molar-refractivity contribution is 6.13. The third kappa shape index (κ3) is 4.58. The van der Waals surface area contributed by atoms with Gasteiger partial charge in [0, 0.05) is 25.1 Å². The molecular formula is C36H32F2NO+. The van der Waals surface area contributed by atoms with Crippen LogP contribution in [0.4, 0.5) is 8.78 Å². The fourth-order valence-corrected chi connectivity index (χ4v) is 5.42. The Morgan fingerprint density at radius 1 is 0.750 bits per heavy atom. The number of aromatic nitrogens is 1. The second-order valence-corrected chi connectivity index (χ2v) is 11.4. The minimum Gasteiger partial charge on any atom is -0.454 e. The van der Waals surface area contributed by atoms with E-state index in [0.717, 1.165) is 27.5 Å². The first-order valence-electron chi connectivity index (χ1n) is 14.4. The SMILES string of the molecule is [2H]C([2H])(c1cc(-c2c(C)ccc3c2oc2c(-c4cccc(-c5ccccc5)c4)c(F)ccc23)[n+](C)cc1F)C(C)(C)C. The van der Waals surface area contributed by atoms with Crippen LogP contribution in [0, 0.1) is 24.0 Å². The Bertz CT molecular complexity index is 1990. The van der Waals surface area contributed by atoms with Gasteiger partial charge in [-0.2, -0.15) is 4.57 Å². The first-order chi connectivity index (χ1) is 19.9. The zero-order chi connectivity index (χ0) is 30.0. The first kappa shape index (κ1) is 23.6. The van der Waals surface area contributed by atoms with Gasteiger partial charge in [-0.05, 0) is 59.2 Å². The van der Waals surface area contributed by atoms with Crippen molar-refractivity contribution >= 4 is 21.9 Å². The van der Waals surface area contributed by atoms with Crippen LogP contribution in [0.3, 0.4) is 0 Å². The van der Waals surface area contributed by atoms with E-state index in [4.69, 9.17) is 7.16 Å². The van der Waals surface area contributed by atoms with E-state index in [1.54, 1.807) is 44.5 Å². The molecule has 0 unspecified atom stereocenters. The summed E-state index contributed by atoms with van der Waals surface area (Å²) in [5, 5.41) is 1.57. The predicted octanol–water partition coefficient (Wildman–Crippen LogP) is 9.59. The second-order valence-electron chi connectivity index (χ2n) is 11.4. The highest BCUT2D eigenvalue weighted by Gasteiger charge is 2.26. The Labute approximate surface area is 236 Å². The maximum atomic E-state index is 15.6. The molecule has 0 saturated carbocycles. The van der Waals surface area contributed by atoms with Crippen molar-refractivity contribution in [3.05, 3.63) is 114 Å². The van der Waals surface area contributed by atoms with Gasteiger partial charge < -0.3 is 4.42 Å². The largest absolute Gasteiger partial charge is 0.454 e. The van der Waals surface area contributed by atoms with Gasteiger partial charge in [0.2, 0.25) is 11.9 Å². The molecule has 0 aliphatic heterocycles. The third-order valence-electron chi connectivity index (χ3n) is 7.22. The van der Waals surface area contributed by atoms with E-state index in [9.17, 15) is 0 Å². The molecule has 2 nitrogen and oxygen atoms in total. The number of rotatable bonds is 4. The van der Waals surface area contributed by atoms with E-state index in [2.05, 4.69) is 0 Å². The van der Waals surface area contributed by atoms with Crippen molar-refractivity contribution in [3.63, 3.8) is 0 Å². The van der Waals surface area contributed by atoms with Crippen molar-refractivity contribution in [2.24, 2.45) is 12.5 Å². The lowest BCUT2D eigenvalue weighted by Crippen LogP contribution is -2.32. The molecule has 0 saturated heterocycles. The van der Waals surface area contributed by atoms with E-state index in [-0.39, 0.29) is 5.56 Å². The summed E-state index contributed by atoms with van der Waals surface area (Å²) in [6.45, 7) is 7.21. The highest BCUT2D eigenvalue weighted by Crippen LogP contribution is 2.42. The summed E-state index contributed by atoms with van der Waals surface area (Å²) in [4.78, 5) is 0. The molecular weight excluding hydrogens is 500 g/mol. The summed E-state index contributed by atoms with van der Waals surface area (Å²) in [7, 11) is 1.73. The van der Waals surface area contributed by atoms with Crippen LogP contribution in [0.1, 0.15) is 34.6 Å². The number of pyridine rings is 1. The van der Waals surface area contributed by atoms with Crippen LogP contribution in [-0.4, -0.2) is 0 Å². The van der Waals surface area contributed by atoms with Gasteiger partial charge in [-0.15, -0.1) is 0 Å². The summed E-state index contributed by atoms with van der Waals surface area (Å²) in [5.74, 6) is -1.00. The molecule has 4 heteroatoms. The molecule has 0 atom stereocenters. The third-order valence-corrected chi connectivity index (χ3v) is 7.22. The van der Waals surface area contributed by atoms with Crippen molar-refractivity contribution in [3.8, 4) is 33.5 Å². The van der Waals surface area contributed by atoms with Crippen LogP contribution in [-0.2, 0) is 13.4 Å². The molecule has 6 rings (SSSR count). The van der Waals surface area contributed by atoms with Gasteiger partial charge in [0.1, 0.15) is 24.0 Å². The normalized spacial score (nSPS) is 13.1. The quantitative estimate of drug-likeness (QED) is 0.206. The Morgan fingerprint density at radius 3 is 2.12 bits per heavy atom. The van der Waals surface area contributed by atoms with Gasteiger partial charge in [0.15, 0.2) is 5.82 Å². The van der Waals surface area contributed by atoms with Crippen LogP contribution in [0.2, 0.25) is 0 Å². The molecule has 0 radical (unpaired) electrons. The number of benzene rings is 4. The zero-order valence-corrected chi connectivity index (χ0v) is 23.3. The first-order valence-corrected chi connectivity index (χ1v) is 13.4. The standard InChI is InChI=1S/C36H32F2NO/c1-22-14-15-27-28-16-17-29(37)33(25-13-9-12-24(18-25)23-10-7-6-8-11-23)35(28)40-34(27)32(22)31-19-26(20-36(2,3)4)30(38)21-39(31)5/h6-19,21H,20H2,1-5H3/q+1/i20D2. The molecule has 0 aliphatic rings. The summed E-state index contributed by atoms with van der Waals surface area (Å²) >= 11 is 0. The fraction of sp³-hybridized carbons (Fsp3) is 0.194. The summed E-state index contributed by atoms with van der Waals surface area (Å²) in [6.07, 6.45) is -0.620. The maximum absolute atomic E-state index is 15.6. The molecule has 0 amide bonds. The van der Waals surface area contributed by atoms with Crippen molar-refractivity contribution in [2.75, 3.05) is 0 Å². The van der Waals surface area contributed by atoms with Crippen molar-refractivity contribution in [1.29, 1.82) is 0 Å². The number of hydrogen-bond donors (Lipinski definition) is 0. The molecule has 6 aromatic rings. The average Bonchev–Trinajstić information content (AvgIpc) is 3.31. The highest BCUT2D eigenvalue weighted by atomic mass is 19.1. The van der Waals surface area contributed by atoms with Crippen molar-refractivity contribution in [2.45, 2.75) is 34.1 Å². The Kier molecular flexibility index (Phi) is 5.72. The molecule has 0 N–H and O–H groups in total. The van der Waals surface area contributed by atoms with E-state index >= 15 is 8.78 Å². The molecule has 40 heavy (non-hydrogen) atoms. The van der Waals surface area contributed by atoms with Crippen LogP contribution in [0.25, 0.3) is 55.4 Å². The molecule has 0 fully saturated rings. The van der Waals surface area contributed by atoms with E-state index in [1.165, 1.54) is 12.3 Å². The molecule has 0 spiro atoms. The van der Waals surface area contributed by atoms with Crippen molar-refractivity contribution in [1.82, 2.24) is 0 Å². The second kappa shape index (κ2) is 9.71. The predicted molar refractivity (Wildman–Crippen MR) is 159 cm³/mol. The van der Waals surface area contributed by atoms with E-state index < -0.39 is 23.4 Å². The van der Waals surface area contributed by atoms with Gasteiger partial charge in [-0.3, -0.25) is 0 Å². The number of hydrogen-bond acceptors (Lipinski definition) is 1. The monoisotopic (exact) mass is 534 g/mol. The number of fused-ring (bicyclic) bond motifs is 3. The summed E-state index contributed by atoms with van der Waals surface area (Å²) in [5.41, 5.74) is 5.38. The zero-order valence-electron chi connectivity index (χ0n) is 25.3. The lowest BCUT2D eigenvalue weighted by atomic mass is 9.87. The maximum Gasteiger partial charge on any atom is 0.216 e. The Balaban J connectivity index is 1.62. The minimum atomic E-state index is -1.93. The molecule has 0 aliphatic carbocycles. The van der Waals surface area contributed by atoms with Crippen molar-refractivity contribution < 1.29 is 20.5 Å². The van der Waals surface area contributed by atoms with Gasteiger partial charge in [0.05, 0.1) is 11.1 Å². The minimum absolute atomic E-state index is 0.0138. The molecule has 4 aromatic carbocycles. The molecule has 200 valence electrons. The van der Waals surface area contributed by atoms with Crippen LogP contribution < -0.4 is 4.57 Å². The number of halogens is 2. The number of nitrogens with zero attached hydrogens (tertiary/aromatic N) is 1. The number of aryl methyl sites for hydroxylation is 2. The molecule has 0 bridgehead atoms. The van der Waals surface area contributed by atoms with Crippen LogP contribution in [0.5, 0.6) is 0 Å². The van der Waals surface area contributed by atoms with Gasteiger partial charge >= 0.3 is 0 Å². The van der Waals surface area contributed by atoms with E-state index in [0.29, 0.717) is 33.6 Å². The van der Waals surface area contributed by atoms with Gasteiger partial charge in [0.25, 0.3) is 0 Å². The Morgan fingerprint density at radius 2 is 1.40 bits per heavy atom. The smallest absolute Gasteiger partial charge is 0.216 e.